The summed E-state index contributed by atoms with van der Waals surface area (Å²) in [5.74, 6) is -3.84. The van der Waals surface area contributed by atoms with Gasteiger partial charge in [-0.15, -0.1) is 0 Å². The zero-order valence-electron chi connectivity index (χ0n) is 47.6. The minimum Gasteiger partial charge on any atom is -0.493 e. The molecule has 4 aromatic rings. The molecular formula is C61H64N8O16. The SMILES string of the molecule is C=C1CC2C=Nc3cc(OCc4cc(COc5cc6c(cc5OC)C(=O)N5CC(=C)C[C@H]5[C@H](O)N6C(=O)OCc5ccc(NC(=O)[C@H](C)NC(=O)[C@@H](NC(=O)CCN6C(=O)C=CC6=O)C(C)C)cc5)cc(C(=O)OC)c4)c(OC)cc3C(=O)N2C1. The fourth-order valence-corrected chi connectivity index (χ4v) is 10.4. The van der Waals surface area contributed by atoms with Crippen LogP contribution in [0, 0.1) is 5.92 Å². The molecule has 0 aliphatic carbocycles. The van der Waals surface area contributed by atoms with Gasteiger partial charge in [0.15, 0.2) is 29.2 Å². The minimum atomic E-state index is -1.62. The standard InChI is InChI=1S/C61H64N8O16/c1-32(2)54(65-51(70)15-16-66-52(71)13-14-53(66)72)56(74)63-35(5)55(73)64-40-11-9-36(10-12-40)29-85-61(79)69-45-25-50(48(81-7)23-43(45)58(76)68-28-34(4)18-46(68)59(69)77)84-31-38-19-37(20-39(21-38)60(78)82-8)30-83-49-24-44-42(22-47(49)80-6)57(75)67-27-33(3)17-41(67)26-62-44/h9-14,19-26,32,35,41,46,54,59,77H,3-4,15-18,27-31H2,1-2,5-8H3,(H,63,74)(H,64,73)(H,65,70)/t35-,41?,46-,54-,59-/m0/s1. The molecule has 2 saturated heterocycles. The predicted octanol–water partition coefficient (Wildman–Crippen LogP) is 5.28. The van der Waals surface area contributed by atoms with Gasteiger partial charge in [-0.05, 0) is 84.8 Å². The van der Waals surface area contributed by atoms with Crippen molar-refractivity contribution in [2.75, 3.05) is 51.2 Å². The molecule has 24 heteroatoms. The number of hydrogen-bond donors (Lipinski definition) is 4. The number of carbonyl (C=O) groups excluding carboxylic acids is 9. The molecule has 9 rings (SSSR count). The van der Waals surface area contributed by atoms with E-state index < -0.39 is 71.9 Å². The summed E-state index contributed by atoms with van der Waals surface area (Å²) in [5, 5.41) is 20.0. The molecule has 0 aromatic heterocycles. The number of anilines is 2. The summed E-state index contributed by atoms with van der Waals surface area (Å²) in [5.41, 5.74) is 4.29. The van der Waals surface area contributed by atoms with Crippen molar-refractivity contribution in [1.82, 2.24) is 25.3 Å². The number of esters is 1. The summed E-state index contributed by atoms with van der Waals surface area (Å²) in [4.78, 5) is 128. The molecule has 5 aliphatic heterocycles. The molecule has 24 nitrogen and oxygen atoms in total. The highest BCUT2D eigenvalue weighted by molar-refractivity contribution is 6.13. The lowest BCUT2D eigenvalue weighted by Crippen LogP contribution is -2.54. The van der Waals surface area contributed by atoms with Gasteiger partial charge in [-0.2, -0.15) is 0 Å². The number of amides is 8. The average molecular weight is 1170 g/mol. The molecule has 85 heavy (non-hydrogen) atoms. The first-order chi connectivity index (χ1) is 40.6. The van der Waals surface area contributed by atoms with Crippen molar-refractivity contribution in [2.24, 2.45) is 10.9 Å². The van der Waals surface area contributed by atoms with E-state index in [4.69, 9.17) is 28.4 Å². The van der Waals surface area contributed by atoms with Crippen LogP contribution in [-0.4, -0.2) is 151 Å². The Balaban J connectivity index is 0.871. The lowest BCUT2D eigenvalue weighted by atomic mass is 10.0. The Kier molecular flexibility index (Phi) is 17.8. The van der Waals surface area contributed by atoms with E-state index in [-0.39, 0.29) is 97.7 Å². The van der Waals surface area contributed by atoms with E-state index in [9.17, 15) is 48.3 Å². The maximum Gasteiger partial charge on any atom is 0.416 e. The molecule has 4 N–H and O–H groups in total. The smallest absolute Gasteiger partial charge is 0.416 e. The van der Waals surface area contributed by atoms with E-state index in [0.717, 1.165) is 27.5 Å². The van der Waals surface area contributed by atoms with Crippen LogP contribution in [0.3, 0.4) is 0 Å². The monoisotopic (exact) mass is 1160 g/mol. The van der Waals surface area contributed by atoms with Gasteiger partial charge in [0.2, 0.25) is 17.7 Å². The number of imide groups is 1. The molecular weight excluding hydrogens is 1100 g/mol. The third kappa shape index (κ3) is 13.0. The number of aliphatic hydroxyl groups excluding tert-OH is 1. The Bertz CT molecular complexity index is 3470. The van der Waals surface area contributed by atoms with E-state index in [1.54, 1.807) is 79.6 Å². The summed E-state index contributed by atoms with van der Waals surface area (Å²) in [6.07, 6.45) is 1.88. The van der Waals surface area contributed by atoms with E-state index in [1.807, 2.05) is 0 Å². The number of carbonyl (C=O) groups is 9. The number of ether oxygens (including phenoxy) is 6. The maximum absolute atomic E-state index is 14.4. The van der Waals surface area contributed by atoms with Gasteiger partial charge in [0, 0.05) is 62.2 Å². The molecule has 0 bridgehead atoms. The highest BCUT2D eigenvalue weighted by Gasteiger charge is 2.46. The second-order valence-electron chi connectivity index (χ2n) is 21.3. The molecule has 0 saturated carbocycles. The highest BCUT2D eigenvalue weighted by Crippen LogP contribution is 2.43. The Morgan fingerprint density at radius 3 is 1.95 bits per heavy atom. The maximum atomic E-state index is 14.4. The fourth-order valence-electron chi connectivity index (χ4n) is 10.4. The summed E-state index contributed by atoms with van der Waals surface area (Å²) >= 11 is 0. The quantitative estimate of drug-likeness (QED) is 0.0497. The molecule has 444 valence electrons. The lowest BCUT2D eigenvalue weighted by molar-refractivity contribution is -0.137. The van der Waals surface area contributed by atoms with Crippen molar-refractivity contribution in [3.05, 3.63) is 137 Å². The third-order valence-corrected chi connectivity index (χ3v) is 14.9. The highest BCUT2D eigenvalue weighted by atomic mass is 16.6. The van der Waals surface area contributed by atoms with Gasteiger partial charge in [-0.3, -0.25) is 43.5 Å². The van der Waals surface area contributed by atoms with Crippen LogP contribution in [0.4, 0.5) is 21.9 Å². The molecule has 4 aromatic carbocycles. The van der Waals surface area contributed by atoms with Gasteiger partial charge < -0.3 is 59.3 Å². The van der Waals surface area contributed by atoms with E-state index in [1.165, 1.54) is 45.3 Å². The summed E-state index contributed by atoms with van der Waals surface area (Å²) in [6.45, 7) is 12.8. The second-order valence-corrected chi connectivity index (χ2v) is 21.3. The molecule has 2 fully saturated rings. The topological polar surface area (TPSA) is 291 Å². The summed E-state index contributed by atoms with van der Waals surface area (Å²) in [7, 11) is 4.08. The number of methoxy groups -OCH3 is 3. The Labute approximate surface area is 489 Å². The first-order valence-corrected chi connectivity index (χ1v) is 27.2. The number of nitrogens with zero attached hydrogens (tertiary/aromatic N) is 5. The number of hydrogen-bond acceptors (Lipinski definition) is 17. The van der Waals surface area contributed by atoms with Crippen molar-refractivity contribution >= 4 is 76.7 Å². The number of aliphatic imine (C=N–C) groups is 1. The third-order valence-electron chi connectivity index (χ3n) is 14.9. The van der Waals surface area contributed by atoms with Gasteiger partial charge in [-0.25, -0.2) is 14.5 Å². The van der Waals surface area contributed by atoms with E-state index in [0.29, 0.717) is 57.9 Å². The fraction of sp³-hybridized carbons (Fsp3) is 0.344. The van der Waals surface area contributed by atoms with Crippen LogP contribution in [-0.2, 0) is 53.3 Å². The van der Waals surface area contributed by atoms with Crippen LogP contribution in [0.2, 0.25) is 0 Å². The van der Waals surface area contributed by atoms with Crippen molar-refractivity contribution in [3.63, 3.8) is 0 Å². The second kappa shape index (κ2) is 25.3. The average Bonchev–Trinajstić information content (AvgIpc) is 4.37. The first kappa shape index (κ1) is 59.8. The van der Waals surface area contributed by atoms with Crippen LogP contribution in [0.5, 0.6) is 23.0 Å². The number of nitrogens with one attached hydrogen (secondary N) is 3. The molecule has 5 aliphatic rings. The van der Waals surface area contributed by atoms with Gasteiger partial charge in [0.1, 0.15) is 31.9 Å². The van der Waals surface area contributed by atoms with E-state index >= 15 is 0 Å². The Hall–Kier alpha value is -9.84. The van der Waals surface area contributed by atoms with Crippen molar-refractivity contribution in [3.8, 4) is 23.0 Å². The number of benzene rings is 4. The Morgan fingerprint density at radius 1 is 0.706 bits per heavy atom. The van der Waals surface area contributed by atoms with Crippen LogP contribution in [0.1, 0.15) is 87.8 Å². The van der Waals surface area contributed by atoms with Crippen LogP contribution in [0.15, 0.2) is 108 Å². The summed E-state index contributed by atoms with van der Waals surface area (Å²) in [6, 6.07) is 14.0. The van der Waals surface area contributed by atoms with Crippen LogP contribution < -0.4 is 39.8 Å². The molecule has 0 radical (unpaired) electrons. The van der Waals surface area contributed by atoms with Gasteiger partial charge in [0.25, 0.3) is 23.6 Å². The molecule has 1 unspecified atom stereocenters. The van der Waals surface area contributed by atoms with Gasteiger partial charge >= 0.3 is 12.1 Å². The summed E-state index contributed by atoms with van der Waals surface area (Å²) < 4.78 is 34.9. The minimum absolute atomic E-state index is 0.00239. The number of fused-ring (bicyclic) bond motifs is 4. The van der Waals surface area contributed by atoms with Crippen molar-refractivity contribution < 1.29 is 76.7 Å². The predicted molar refractivity (Wildman–Crippen MR) is 306 cm³/mol. The zero-order valence-corrected chi connectivity index (χ0v) is 47.6. The molecule has 5 atom stereocenters. The molecule has 5 heterocycles. The van der Waals surface area contributed by atoms with E-state index in [2.05, 4.69) is 34.1 Å². The van der Waals surface area contributed by atoms with Gasteiger partial charge in [0.05, 0.1) is 61.5 Å². The normalized spacial score (nSPS) is 18.4. The van der Waals surface area contributed by atoms with Gasteiger partial charge in [-0.1, -0.05) is 50.3 Å². The Morgan fingerprint density at radius 2 is 1.32 bits per heavy atom. The number of rotatable bonds is 20. The van der Waals surface area contributed by atoms with Crippen molar-refractivity contribution in [2.45, 2.75) is 90.2 Å². The molecule has 8 amide bonds. The zero-order chi connectivity index (χ0) is 61.0. The van der Waals surface area contributed by atoms with Crippen LogP contribution in [0.25, 0.3) is 0 Å². The molecule has 0 spiro atoms. The lowest BCUT2D eigenvalue weighted by Gasteiger charge is -2.31. The number of aliphatic hydroxyl groups is 1. The first-order valence-electron chi connectivity index (χ1n) is 27.2. The van der Waals surface area contributed by atoms with Crippen molar-refractivity contribution in [1.29, 1.82) is 0 Å². The van der Waals surface area contributed by atoms with Crippen LogP contribution >= 0.6 is 0 Å². The largest absolute Gasteiger partial charge is 0.493 e.